The number of sulfonamides is 1. The Kier molecular flexibility index (Phi) is 5.27. The number of nitrogens with zero attached hydrogens (tertiary/aromatic N) is 2. The third-order valence-electron chi connectivity index (χ3n) is 3.93. The highest BCUT2D eigenvalue weighted by Gasteiger charge is 2.19. The molecule has 0 unspecified atom stereocenters. The Hall–Kier alpha value is -3.13. The molecule has 0 saturated carbocycles. The first-order valence-corrected chi connectivity index (χ1v) is 9.71. The Balaban J connectivity index is 1.79. The molecule has 3 rings (SSSR count). The number of hydrogen-bond donors (Lipinski definition) is 2. The Morgan fingerprint density at radius 2 is 1.56 bits per heavy atom. The van der Waals surface area contributed by atoms with Gasteiger partial charge in [0.25, 0.3) is 10.0 Å². The van der Waals surface area contributed by atoms with Crippen LogP contribution >= 0.6 is 0 Å². The highest BCUT2D eigenvalue weighted by molar-refractivity contribution is 7.92. The summed E-state index contributed by atoms with van der Waals surface area (Å²) in [6.45, 7) is 3.51. The van der Waals surface area contributed by atoms with Crippen LogP contribution in [0.3, 0.4) is 0 Å². The molecule has 0 aliphatic heterocycles. The number of methoxy groups -OCH3 is 1. The molecule has 0 aliphatic rings. The Morgan fingerprint density at radius 1 is 0.889 bits per heavy atom. The van der Waals surface area contributed by atoms with E-state index in [0.717, 1.165) is 11.3 Å². The number of benzene rings is 2. The third-order valence-corrected chi connectivity index (χ3v) is 5.43. The van der Waals surface area contributed by atoms with Crippen molar-refractivity contribution < 1.29 is 13.2 Å². The standard InChI is InChI=1S/C19H20N4O3S/c1-13-12-17(14(2)11-16(13)26-3)27(24,25)23-19-10-9-18(21-22-19)20-15-7-5-4-6-8-15/h4-12H,1-3H3,(H,20,21)(H,22,23). The lowest BCUT2D eigenvalue weighted by molar-refractivity contribution is 0.411. The van der Waals surface area contributed by atoms with Gasteiger partial charge in [0, 0.05) is 5.69 Å². The predicted octanol–water partition coefficient (Wildman–Crippen LogP) is 3.65. The minimum atomic E-state index is -3.79. The van der Waals surface area contributed by atoms with Gasteiger partial charge in [0.2, 0.25) is 0 Å². The number of hydrogen-bond acceptors (Lipinski definition) is 6. The zero-order valence-corrected chi connectivity index (χ0v) is 16.0. The lowest BCUT2D eigenvalue weighted by Crippen LogP contribution is -2.16. The zero-order chi connectivity index (χ0) is 19.4. The van der Waals surface area contributed by atoms with Gasteiger partial charge in [-0.15, -0.1) is 10.2 Å². The van der Waals surface area contributed by atoms with Crippen LogP contribution < -0.4 is 14.8 Å². The molecular weight excluding hydrogens is 364 g/mol. The van der Waals surface area contributed by atoms with Gasteiger partial charge in [0.1, 0.15) is 5.75 Å². The monoisotopic (exact) mass is 384 g/mol. The topological polar surface area (TPSA) is 93.2 Å². The first-order valence-electron chi connectivity index (χ1n) is 8.23. The van der Waals surface area contributed by atoms with Crippen LogP contribution in [-0.2, 0) is 10.0 Å². The first-order chi connectivity index (χ1) is 12.9. The largest absolute Gasteiger partial charge is 0.496 e. The van der Waals surface area contributed by atoms with Crippen molar-refractivity contribution in [1.29, 1.82) is 0 Å². The van der Waals surface area contributed by atoms with E-state index in [9.17, 15) is 8.42 Å². The van der Waals surface area contributed by atoms with Gasteiger partial charge in [-0.1, -0.05) is 18.2 Å². The van der Waals surface area contributed by atoms with E-state index < -0.39 is 10.0 Å². The molecule has 7 nitrogen and oxygen atoms in total. The minimum Gasteiger partial charge on any atom is -0.496 e. The molecule has 3 aromatic rings. The van der Waals surface area contributed by atoms with Crippen molar-refractivity contribution in [1.82, 2.24) is 10.2 Å². The molecule has 1 aromatic heterocycles. The van der Waals surface area contributed by atoms with E-state index in [1.165, 1.54) is 0 Å². The van der Waals surface area contributed by atoms with E-state index in [2.05, 4.69) is 20.2 Å². The van der Waals surface area contributed by atoms with Crippen LogP contribution in [0.25, 0.3) is 0 Å². The van der Waals surface area contributed by atoms with E-state index in [1.54, 1.807) is 45.2 Å². The second kappa shape index (κ2) is 7.63. The average molecular weight is 384 g/mol. The fraction of sp³-hybridized carbons (Fsp3) is 0.158. The van der Waals surface area contributed by atoms with Crippen molar-refractivity contribution in [2.75, 3.05) is 17.1 Å². The lowest BCUT2D eigenvalue weighted by atomic mass is 10.1. The zero-order valence-electron chi connectivity index (χ0n) is 15.2. The van der Waals surface area contributed by atoms with Crippen molar-refractivity contribution in [3.8, 4) is 5.75 Å². The summed E-state index contributed by atoms with van der Waals surface area (Å²) in [4.78, 5) is 0.175. The van der Waals surface area contributed by atoms with Crippen LogP contribution in [0.4, 0.5) is 17.3 Å². The quantitative estimate of drug-likeness (QED) is 0.674. The number of nitrogens with one attached hydrogen (secondary N) is 2. The summed E-state index contributed by atoms with van der Waals surface area (Å²) in [6.07, 6.45) is 0. The van der Waals surface area contributed by atoms with Gasteiger partial charge >= 0.3 is 0 Å². The number of aromatic nitrogens is 2. The summed E-state index contributed by atoms with van der Waals surface area (Å²) in [5, 5.41) is 11.0. The number of ether oxygens (including phenoxy) is 1. The molecule has 0 saturated heterocycles. The highest BCUT2D eigenvalue weighted by Crippen LogP contribution is 2.26. The van der Waals surface area contributed by atoms with Crippen LogP contribution in [0.15, 0.2) is 59.5 Å². The highest BCUT2D eigenvalue weighted by atomic mass is 32.2. The Bertz CT molecular complexity index is 1040. The SMILES string of the molecule is COc1cc(C)c(S(=O)(=O)Nc2ccc(Nc3ccccc3)nn2)cc1C. The molecule has 0 aliphatic carbocycles. The second-order valence-electron chi connectivity index (χ2n) is 5.99. The van der Waals surface area contributed by atoms with E-state index >= 15 is 0 Å². The summed E-state index contributed by atoms with van der Waals surface area (Å²) in [5.41, 5.74) is 2.18. The summed E-state index contributed by atoms with van der Waals surface area (Å²) in [6, 6.07) is 16.0. The molecule has 0 fully saturated rings. The molecule has 0 spiro atoms. The van der Waals surface area contributed by atoms with Gasteiger partial charge in [0.15, 0.2) is 11.6 Å². The maximum atomic E-state index is 12.7. The number of anilines is 3. The summed E-state index contributed by atoms with van der Waals surface area (Å²) in [7, 11) is -2.24. The summed E-state index contributed by atoms with van der Waals surface area (Å²) in [5.74, 6) is 1.30. The molecule has 0 bridgehead atoms. The fourth-order valence-electron chi connectivity index (χ4n) is 2.59. The van der Waals surface area contributed by atoms with Crippen molar-refractivity contribution in [2.24, 2.45) is 0 Å². The second-order valence-corrected chi connectivity index (χ2v) is 7.64. The molecule has 8 heteroatoms. The van der Waals surface area contributed by atoms with Gasteiger partial charge in [-0.25, -0.2) is 8.42 Å². The molecule has 0 amide bonds. The third kappa shape index (κ3) is 4.35. The van der Waals surface area contributed by atoms with E-state index in [0.29, 0.717) is 17.1 Å². The van der Waals surface area contributed by atoms with Gasteiger partial charge in [-0.2, -0.15) is 0 Å². The van der Waals surface area contributed by atoms with Crippen LogP contribution in [0.1, 0.15) is 11.1 Å². The fourth-order valence-corrected chi connectivity index (χ4v) is 3.90. The van der Waals surface area contributed by atoms with Crippen molar-refractivity contribution >= 4 is 27.3 Å². The van der Waals surface area contributed by atoms with Crippen LogP contribution in [0.5, 0.6) is 5.75 Å². The van der Waals surface area contributed by atoms with E-state index in [4.69, 9.17) is 4.74 Å². The van der Waals surface area contributed by atoms with Gasteiger partial charge in [-0.3, -0.25) is 4.72 Å². The number of aryl methyl sites for hydroxylation is 2. The molecule has 1 heterocycles. The van der Waals surface area contributed by atoms with Crippen LogP contribution in [0.2, 0.25) is 0 Å². The maximum Gasteiger partial charge on any atom is 0.263 e. The minimum absolute atomic E-state index is 0.140. The normalized spacial score (nSPS) is 11.1. The van der Waals surface area contributed by atoms with Gasteiger partial charge in [-0.05, 0) is 61.4 Å². The Labute approximate surface area is 158 Å². The van der Waals surface area contributed by atoms with Gasteiger partial charge < -0.3 is 10.1 Å². The molecular formula is C19H20N4O3S. The smallest absolute Gasteiger partial charge is 0.263 e. The molecule has 27 heavy (non-hydrogen) atoms. The van der Waals surface area contributed by atoms with Crippen molar-refractivity contribution in [3.05, 3.63) is 65.7 Å². The van der Waals surface area contributed by atoms with Crippen molar-refractivity contribution in [3.63, 3.8) is 0 Å². The molecule has 140 valence electrons. The number of para-hydroxylation sites is 1. The predicted molar refractivity (Wildman–Crippen MR) is 105 cm³/mol. The summed E-state index contributed by atoms with van der Waals surface area (Å²) >= 11 is 0. The average Bonchev–Trinajstić information content (AvgIpc) is 2.65. The van der Waals surface area contributed by atoms with Crippen LogP contribution in [-0.4, -0.2) is 25.7 Å². The van der Waals surface area contributed by atoms with Crippen molar-refractivity contribution in [2.45, 2.75) is 18.7 Å². The summed E-state index contributed by atoms with van der Waals surface area (Å²) < 4.78 is 33.1. The molecule has 0 atom stereocenters. The van der Waals surface area contributed by atoms with Crippen LogP contribution in [0, 0.1) is 13.8 Å². The van der Waals surface area contributed by atoms with E-state index in [1.807, 2.05) is 30.3 Å². The molecule has 0 radical (unpaired) electrons. The van der Waals surface area contributed by atoms with E-state index in [-0.39, 0.29) is 10.7 Å². The maximum absolute atomic E-state index is 12.7. The molecule has 2 N–H and O–H groups in total. The Morgan fingerprint density at radius 3 is 2.19 bits per heavy atom. The lowest BCUT2D eigenvalue weighted by Gasteiger charge is -2.13. The van der Waals surface area contributed by atoms with Gasteiger partial charge in [0.05, 0.1) is 12.0 Å². The first kappa shape index (κ1) is 18.7. The number of rotatable bonds is 6. The molecule has 2 aromatic carbocycles.